The molecule has 0 unspecified atom stereocenters. The minimum atomic E-state index is -0.625. The molecular formula is C8H8KNO. The van der Waals surface area contributed by atoms with Crippen molar-refractivity contribution in [3.63, 3.8) is 0 Å². The Kier molecular flexibility index (Phi) is 5.21. The van der Waals surface area contributed by atoms with Crippen LogP contribution in [0.3, 0.4) is 0 Å². The fourth-order valence-corrected chi connectivity index (χ4v) is 0.705. The zero-order valence-electron chi connectivity index (χ0n) is 6.72. The largest absolute Gasteiger partial charge is 1.00 e. The first-order valence-corrected chi connectivity index (χ1v) is 3.03. The second kappa shape index (κ2) is 5.06. The van der Waals surface area contributed by atoms with E-state index < -0.39 is 5.91 Å². The Labute approximate surface area is 109 Å². The van der Waals surface area contributed by atoms with Gasteiger partial charge < -0.3 is 10.5 Å². The first-order chi connectivity index (χ1) is 4.70. The fraction of sp³-hybridized carbons (Fsp3) is 0.125. The molecule has 52 valence electrons. The second-order valence-corrected chi connectivity index (χ2v) is 2.20. The average molecular weight is 173 g/mol. The number of hydrogen-bond donors (Lipinski definition) is 0. The third-order valence-corrected chi connectivity index (χ3v) is 1.31. The molecule has 11 heavy (non-hydrogen) atoms. The molecule has 0 spiro atoms. The van der Waals surface area contributed by atoms with Gasteiger partial charge in [-0.05, 0) is 12.5 Å². The van der Waals surface area contributed by atoms with Gasteiger partial charge in [0.1, 0.15) is 0 Å². The van der Waals surface area contributed by atoms with E-state index in [0.717, 1.165) is 5.56 Å². The number of benzene rings is 1. The molecule has 1 rings (SSSR count). The van der Waals surface area contributed by atoms with Gasteiger partial charge in [0.05, 0.1) is 5.91 Å². The summed E-state index contributed by atoms with van der Waals surface area (Å²) in [6.45, 7) is 1.94. The Morgan fingerprint density at radius 1 is 1.27 bits per heavy atom. The molecule has 0 saturated heterocycles. The summed E-state index contributed by atoms with van der Waals surface area (Å²) in [6.07, 6.45) is 0. The van der Waals surface area contributed by atoms with Crippen LogP contribution < -0.4 is 51.4 Å². The van der Waals surface area contributed by atoms with E-state index in [-0.39, 0.29) is 51.4 Å². The first-order valence-electron chi connectivity index (χ1n) is 3.03. The number of carbonyl (C=O) groups excluding carboxylic acids is 1. The molecule has 0 radical (unpaired) electrons. The van der Waals surface area contributed by atoms with Gasteiger partial charge in [-0.1, -0.05) is 29.8 Å². The quantitative estimate of drug-likeness (QED) is 0.512. The minimum Gasteiger partial charge on any atom is -0.664 e. The standard InChI is InChI=1S/C8H9NO.K/c1-6-2-4-7(5-3-6)8(9)10;/h2-5H,1H3,(H2,9,10);/q;+1/p-1. The van der Waals surface area contributed by atoms with Crippen molar-refractivity contribution in [1.82, 2.24) is 0 Å². The topological polar surface area (TPSA) is 40.9 Å². The maximum absolute atomic E-state index is 10.4. The minimum absolute atomic E-state index is 0. The van der Waals surface area contributed by atoms with Crippen LogP contribution in [0.1, 0.15) is 15.9 Å². The predicted molar refractivity (Wildman–Crippen MR) is 39.8 cm³/mol. The Bertz CT molecular complexity index is 243. The Hall–Kier alpha value is 0.326. The Morgan fingerprint density at radius 3 is 2.09 bits per heavy atom. The predicted octanol–water partition coefficient (Wildman–Crippen LogP) is -0.809. The van der Waals surface area contributed by atoms with Gasteiger partial charge in [0, 0.05) is 0 Å². The van der Waals surface area contributed by atoms with Gasteiger partial charge in [0.25, 0.3) is 0 Å². The van der Waals surface area contributed by atoms with Gasteiger partial charge in [0.15, 0.2) is 0 Å². The van der Waals surface area contributed by atoms with Crippen molar-refractivity contribution in [2.45, 2.75) is 6.92 Å². The van der Waals surface area contributed by atoms with Crippen LogP contribution in [0, 0.1) is 6.92 Å². The van der Waals surface area contributed by atoms with Crippen LogP contribution in [0.5, 0.6) is 0 Å². The van der Waals surface area contributed by atoms with Crippen LogP contribution >= 0.6 is 0 Å². The summed E-state index contributed by atoms with van der Waals surface area (Å²) in [4.78, 5) is 10.4. The summed E-state index contributed by atoms with van der Waals surface area (Å²) in [5.41, 5.74) is 8.30. The maximum Gasteiger partial charge on any atom is 1.00 e. The summed E-state index contributed by atoms with van der Waals surface area (Å²) in [5.74, 6) is -0.625. The Balaban J connectivity index is 0.000001000. The molecule has 0 aliphatic rings. The number of amides is 1. The van der Waals surface area contributed by atoms with Crippen molar-refractivity contribution < 1.29 is 56.2 Å². The van der Waals surface area contributed by atoms with Crippen LogP contribution in [0.25, 0.3) is 5.73 Å². The van der Waals surface area contributed by atoms with E-state index in [1.54, 1.807) is 12.1 Å². The molecular weight excluding hydrogens is 165 g/mol. The van der Waals surface area contributed by atoms with E-state index in [1.165, 1.54) is 0 Å². The van der Waals surface area contributed by atoms with Crippen molar-refractivity contribution in [1.29, 1.82) is 0 Å². The number of hydrogen-bond acceptors (Lipinski definition) is 1. The van der Waals surface area contributed by atoms with Gasteiger partial charge in [0.2, 0.25) is 0 Å². The molecule has 0 bridgehead atoms. The van der Waals surface area contributed by atoms with E-state index in [9.17, 15) is 4.79 Å². The van der Waals surface area contributed by atoms with Gasteiger partial charge >= 0.3 is 51.4 Å². The average Bonchev–Trinajstić information content (AvgIpc) is 1.88. The van der Waals surface area contributed by atoms with E-state index in [0.29, 0.717) is 5.56 Å². The number of nitrogens with one attached hydrogen (secondary N) is 1. The first kappa shape index (κ1) is 11.3. The summed E-state index contributed by atoms with van der Waals surface area (Å²) < 4.78 is 0. The van der Waals surface area contributed by atoms with Crippen LogP contribution in [-0.4, -0.2) is 5.91 Å². The fourth-order valence-electron chi connectivity index (χ4n) is 0.705. The maximum atomic E-state index is 10.4. The second-order valence-electron chi connectivity index (χ2n) is 2.20. The molecule has 1 aromatic rings. The molecule has 0 heterocycles. The molecule has 1 N–H and O–H groups in total. The SMILES string of the molecule is Cc1ccc(C([NH-])=O)cc1.[K+]. The third-order valence-electron chi connectivity index (χ3n) is 1.31. The zero-order chi connectivity index (χ0) is 7.56. The summed E-state index contributed by atoms with van der Waals surface area (Å²) in [7, 11) is 0. The summed E-state index contributed by atoms with van der Waals surface area (Å²) in [6, 6.07) is 6.96. The molecule has 0 saturated carbocycles. The van der Waals surface area contributed by atoms with Crippen molar-refractivity contribution in [3.8, 4) is 0 Å². The van der Waals surface area contributed by atoms with E-state index in [2.05, 4.69) is 0 Å². The smallest absolute Gasteiger partial charge is 0.664 e. The van der Waals surface area contributed by atoms with Crippen molar-refractivity contribution >= 4 is 5.91 Å². The van der Waals surface area contributed by atoms with E-state index in [1.807, 2.05) is 19.1 Å². The monoisotopic (exact) mass is 173 g/mol. The summed E-state index contributed by atoms with van der Waals surface area (Å²) in [5, 5.41) is 0. The number of aryl methyl sites for hydroxylation is 1. The van der Waals surface area contributed by atoms with Gasteiger partial charge in [-0.3, -0.25) is 0 Å². The van der Waals surface area contributed by atoms with Crippen molar-refractivity contribution in [3.05, 3.63) is 41.1 Å². The third kappa shape index (κ3) is 3.49. The normalized spacial score (nSPS) is 8.45. The molecule has 0 fully saturated rings. The van der Waals surface area contributed by atoms with Gasteiger partial charge in [-0.2, -0.15) is 0 Å². The molecule has 1 amide bonds. The van der Waals surface area contributed by atoms with Gasteiger partial charge in [-0.25, -0.2) is 0 Å². The molecule has 0 aliphatic carbocycles. The van der Waals surface area contributed by atoms with Crippen LogP contribution in [-0.2, 0) is 0 Å². The molecule has 3 heteroatoms. The van der Waals surface area contributed by atoms with Crippen LogP contribution in [0.4, 0.5) is 0 Å². The van der Waals surface area contributed by atoms with Crippen molar-refractivity contribution in [2.24, 2.45) is 0 Å². The van der Waals surface area contributed by atoms with E-state index in [4.69, 9.17) is 5.73 Å². The van der Waals surface area contributed by atoms with Crippen LogP contribution in [0.2, 0.25) is 0 Å². The molecule has 0 atom stereocenters. The van der Waals surface area contributed by atoms with Crippen molar-refractivity contribution in [2.75, 3.05) is 0 Å². The molecule has 0 aromatic heterocycles. The molecule has 2 nitrogen and oxygen atoms in total. The number of rotatable bonds is 1. The molecule has 0 aliphatic heterocycles. The Morgan fingerprint density at radius 2 is 1.73 bits per heavy atom. The van der Waals surface area contributed by atoms with E-state index >= 15 is 0 Å². The summed E-state index contributed by atoms with van der Waals surface area (Å²) >= 11 is 0. The zero-order valence-corrected chi connectivity index (χ0v) is 9.84. The number of carbonyl (C=O) groups is 1. The van der Waals surface area contributed by atoms with Gasteiger partial charge in [-0.15, -0.1) is 0 Å². The molecule has 1 aromatic carbocycles. The van der Waals surface area contributed by atoms with Crippen LogP contribution in [0.15, 0.2) is 24.3 Å².